The second-order valence-electron chi connectivity index (χ2n) is 7.85. The van der Waals surface area contributed by atoms with Gasteiger partial charge in [-0.2, -0.15) is 4.98 Å². The summed E-state index contributed by atoms with van der Waals surface area (Å²) in [6, 6.07) is 2.04. The van der Waals surface area contributed by atoms with Crippen LogP contribution in [0.25, 0.3) is 10.2 Å². The maximum Gasteiger partial charge on any atom is 0.341 e. The van der Waals surface area contributed by atoms with Crippen LogP contribution in [0.5, 0.6) is 0 Å². The first-order chi connectivity index (χ1) is 15.3. The molecule has 32 heavy (non-hydrogen) atoms. The van der Waals surface area contributed by atoms with Crippen molar-refractivity contribution < 1.29 is 14.3 Å². The summed E-state index contributed by atoms with van der Waals surface area (Å²) in [4.78, 5) is 34.8. The number of nitrogens with zero attached hydrogens (tertiary/aromatic N) is 6. The minimum Gasteiger partial charge on any atom is -0.462 e. The number of esters is 1. The Morgan fingerprint density at radius 1 is 1.28 bits per heavy atom. The van der Waals surface area contributed by atoms with Crippen LogP contribution in [0.3, 0.4) is 0 Å². The van der Waals surface area contributed by atoms with E-state index in [1.807, 2.05) is 18.0 Å². The van der Waals surface area contributed by atoms with Crippen LogP contribution >= 0.6 is 22.9 Å². The summed E-state index contributed by atoms with van der Waals surface area (Å²) in [6.45, 7) is 9.09. The van der Waals surface area contributed by atoms with Crippen molar-refractivity contribution in [1.29, 1.82) is 0 Å². The highest BCUT2D eigenvalue weighted by Crippen LogP contribution is 2.40. The molecule has 4 heterocycles. The largest absolute Gasteiger partial charge is 0.462 e. The molecule has 0 atom stereocenters. The van der Waals surface area contributed by atoms with Crippen molar-refractivity contribution in [3.8, 4) is 0 Å². The summed E-state index contributed by atoms with van der Waals surface area (Å²) in [5, 5.41) is 0.229. The van der Waals surface area contributed by atoms with E-state index in [0.29, 0.717) is 31.3 Å². The topological polar surface area (TPSA) is 93.6 Å². The molecule has 0 bridgehead atoms. The van der Waals surface area contributed by atoms with Gasteiger partial charge in [-0.3, -0.25) is 0 Å². The summed E-state index contributed by atoms with van der Waals surface area (Å²) in [5.74, 6) is 0.905. The Hall–Kier alpha value is -2.56. The number of aromatic nitrogens is 4. The average molecular weight is 477 g/mol. The van der Waals surface area contributed by atoms with Gasteiger partial charge in [0.2, 0.25) is 11.2 Å². The van der Waals surface area contributed by atoms with Gasteiger partial charge in [0, 0.05) is 37.4 Å². The van der Waals surface area contributed by atoms with Crippen molar-refractivity contribution in [2.24, 2.45) is 0 Å². The normalized spacial score (nSPS) is 14.6. The minimum absolute atomic E-state index is 0.229. The quantitative estimate of drug-likeness (QED) is 0.391. The molecule has 170 valence electrons. The lowest BCUT2D eigenvalue weighted by molar-refractivity contribution is 0.0525. The highest BCUT2D eigenvalue weighted by Gasteiger charge is 2.31. The molecular formula is C21H25ClN6O3S. The number of anilines is 2. The molecule has 1 saturated heterocycles. The minimum atomic E-state index is -0.453. The smallest absolute Gasteiger partial charge is 0.341 e. The molecule has 1 fully saturated rings. The molecule has 0 radical (unpaired) electrons. The molecule has 1 aliphatic heterocycles. The van der Waals surface area contributed by atoms with E-state index in [9.17, 15) is 4.79 Å². The third-order valence-electron chi connectivity index (χ3n) is 5.53. The van der Waals surface area contributed by atoms with Crippen molar-refractivity contribution in [3.63, 3.8) is 0 Å². The van der Waals surface area contributed by atoms with Crippen LogP contribution in [0, 0.1) is 0 Å². The zero-order valence-corrected chi connectivity index (χ0v) is 20.0. The molecule has 3 aromatic heterocycles. The van der Waals surface area contributed by atoms with Crippen molar-refractivity contribution in [3.05, 3.63) is 34.2 Å². The highest BCUT2D eigenvalue weighted by molar-refractivity contribution is 7.19. The Morgan fingerprint density at radius 2 is 1.97 bits per heavy atom. The Labute approximate surface area is 195 Å². The van der Waals surface area contributed by atoms with Gasteiger partial charge in [-0.15, -0.1) is 11.3 Å². The van der Waals surface area contributed by atoms with Crippen LogP contribution in [0.1, 0.15) is 36.0 Å². The monoisotopic (exact) mass is 476 g/mol. The van der Waals surface area contributed by atoms with E-state index < -0.39 is 11.5 Å². The van der Waals surface area contributed by atoms with E-state index in [4.69, 9.17) is 21.1 Å². The van der Waals surface area contributed by atoms with Gasteiger partial charge in [0.15, 0.2) is 5.82 Å². The predicted molar refractivity (Wildman–Crippen MR) is 125 cm³/mol. The molecule has 0 amide bonds. The Balaban J connectivity index is 1.65. The number of thiophene rings is 1. The number of hydrogen-bond acceptors (Lipinski definition) is 10. The van der Waals surface area contributed by atoms with Crippen molar-refractivity contribution in [2.75, 3.05) is 49.8 Å². The number of carbonyl (C=O) groups excluding carboxylic acids is 1. The molecule has 4 rings (SSSR count). The molecule has 0 spiro atoms. The van der Waals surface area contributed by atoms with Crippen LogP contribution in [0.15, 0.2) is 18.5 Å². The molecule has 0 aliphatic carbocycles. The Morgan fingerprint density at radius 3 is 2.62 bits per heavy atom. The third-order valence-corrected chi connectivity index (χ3v) is 7.13. The van der Waals surface area contributed by atoms with Gasteiger partial charge in [0.1, 0.15) is 0 Å². The second kappa shape index (κ2) is 9.13. The lowest BCUT2D eigenvalue weighted by atomic mass is 10.0. The molecule has 0 N–H and O–H groups in total. The Kier molecular flexibility index (Phi) is 6.45. The molecule has 9 nitrogen and oxygen atoms in total. The summed E-state index contributed by atoms with van der Waals surface area (Å²) < 4.78 is 11.5. The first-order valence-electron chi connectivity index (χ1n) is 10.3. The van der Waals surface area contributed by atoms with Crippen LogP contribution in [-0.2, 0) is 15.0 Å². The van der Waals surface area contributed by atoms with Gasteiger partial charge in [-0.1, -0.05) is 0 Å². The SMILES string of the molecule is CCOC(=O)c1cnc(N(C)C(C)(C)c2cc3nc(Cl)nc(N4CCOCC4)c3s2)nc1. The zero-order chi connectivity index (χ0) is 22.9. The van der Waals surface area contributed by atoms with Crippen molar-refractivity contribution in [1.82, 2.24) is 19.9 Å². The van der Waals surface area contributed by atoms with E-state index in [1.54, 1.807) is 18.3 Å². The number of hydrogen-bond donors (Lipinski definition) is 0. The molecule has 0 aromatic carbocycles. The van der Waals surface area contributed by atoms with Crippen LogP contribution in [0.2, 0.25) is 5.28 Å². The lowest BCUT2D eigenvalue weighted by Crippen LogP contribution is -2.39. The number of rotatable bonds is 6. The number of halogens is 1. The Bertz CT molecular complexity index is 1110. The van der Waals surface area contributed by atoms with E-state index in [-0.39, 0.29) is 5.28 Å². The fourth-order valence-corrected chi connectivity index (χ4v) is 4.83. The number of fused-ring (bicyclic) bond motifs is 1. The maximum atomic E-state index is 11.9. The molecule has 11 heteroatoms. The van der Waals surface area contributed by atoms with Gasteiger partial charge in [0.25, 0.3) is 0 Å². The van der Waals surface area contributed by atoms with Gasteiger partial charge in [0.05, 0.1) is 41.1 Å². The van der Waals surface area contributed by atoms with E-state index in [2.05, 4.69) is 38.7 Å². The standard InChI is InChI=1S/C21H25ClN6O3S/c1-5-31-18(29)13-11-23-20(24-12-13)27(4)21(2,3)15-10-14-16(32-15)17(26-19(22)25-14)28-6-8-30-9-7-28/h10-12H,5-9H2,1-4H3. The number of morpholine rings is 1. The molecule has 0 saturated carbocycles. The fourth-order valence-electron chi connectivity index (χ4n) is 3.41. The lowest BCUT2D eigenvalue weighted by Gasteiger charge is -2.34. The van der Waals surface area contributed by atoms with Crippen molar-refractivity contribution in [2.45, 2.75) is 26.3 Å². The third kappa shape index (κ3) is 4.35. The van der Waals surface area contributed by atoms with Crippen LogP contribution in [-0.4, -0.2) is 65.9 Å². The summed E-state index contributed by atoms with van der Waals surface area (Å²) in [7, 11) is 1.92. The second-order valence-corrected chi connectivity index (χ2v) is 9.24. The molecule has 1 aliphatic rings. The number of ether oxygens (including phenoxy) is 2. The first kappa shape index (κ1) is 22.6. The molecule has 3 aromatic rings. The first-order valence-corrected chi connectivity index (χ1v) is 11.5. The summed E-state index contributed by atoms with van der Waals surface area (Å²) >= 11 is 7.88. The average Bonchev–Trinajstić information content (AvgIpc) is 3.23. The van der Waals surface area contributed by atoms with Crippen LogP contribution in [0.4, 0.5) is 11.8 Å². The maximum absolute atomic E-state index is 11.9. The zero-order valence-electron chi connectivity index (χ0n) is 18.5. The van der Waals surface area contributed by atoms with Crippen LogP contribution < -0.4 is 9.80 Å². The molecular weight excluding hydrogens is 452 g/mol. The molecule has 0 unspecified atom stereocenters. The van der Waals surface area contributed by atoms with E-state index >= 15 is 0 Å². The van der Waals surface area contributed by atoms with Crippen molar-refractivity contribution >= 4 is 50.9 Å². The highest BCUT2D eigenvalue weighted by atomic mass is 35.5. The summed E-state index contributed by atoms with van der Waals surface area (Å²) in [5.41, 5.74) is 0.682. The van der Waals surface area contributed by atoms with Gasteiger partial charge in [-0.05, 0) is 38.4 Å². The van der Waals surface area contributed by atoms with Gasteiger partial charge >= 0.3 is 5.97 Å². The van der Waals surface area contributed by atoms with Gasteiger partial charge in [-0.25, -0.2) is 19.7 Å². The van der Waals surface area contributed by atoms with E-state index in [1.165, 1.54) is 12.4 Å². The number of carbonyl (C=O) groups is 1. The van der Waals surface area contributed by atoms with Gasteiger partial charge < -0.3 is 19.3 Å². The summed E-state index contributed by atoms with van der Waals surface area (Å²) in [6.07, 6.45) is 2.97. The predicted octanol–water partition coefficient (Wildman–Crippen LogP) is 3.52. The fraction of sp³-hybridized carbons (Fsp3) is 0.476. The van der Waals surface area contributed by atoms with E-state index in [0.717, 1.165) is 34.0 Å².